The quantitative estimate of drug-likeness (QED) is 0.490. The van der Waals surface area contributed by atoms with Gasteiger partial charge in [0.1, 0.15) is 5.16 Å². The molecule has 0 unspecified atom stereocenters. The summed E-state index contributed by atoms with van der Waals surface area (Å²) in [6.07, 6.45) is 0.875. The minimum absolute atomic E-state index is 0.314. The molecule has 0 spiro atoms. The fraction of sp³-hybridized carbons (Fsp3) is 0.500. The average Bonchev–Trinajstić information content (AvgIpc) is 2.02. The molecule has 0 rings (SSSR count). The molecular formula is C8H12Cl2N2. The second kappa shape index (κ2) is 6.21. The zero-order valence-electron chi connectivity index (χ0n) is 7.27. The molecule has 0 aliphatic rings. The Bertz CT molecular complexity index is 219. The smallest absolute Gasteiger partial charge is 0.150 e. The van der Waals surface area contributed by atoms with Gasteiger partial charge in [0.05, 0.1) is 6.54 Å². The van der Waals surface area contributed by atoms with E-state index in [4.69, 9.17) is 23.2 Å². The molecule has 0 atom stereocenters. The standard InChI is InChI=1S/C8H12Cl2N2/c1-4-6(2)8(10)12-11-5-7(3)9/h3-5H2,1-2H3/b8-6+,12-11-. The van der Waals surface area contributed by atoms with Crippen molar-refractivity contribution in [3.63, 3.8) is 0 Å². The van der Waals surface area contributed by atoms with Crippen LogP contribution in [0.2, 0.25) is 0 Å². The summed E-state index contributed by atoms with van der Waals surface area (Å²) >= 11 is 11.2. The third kappa shape index (κ3) is 5.33. The molecule has 68 valence electrons. The lowest BCUT2D eigenvalue weighted by molar-refractivity contribution is 1.00. The summed E-state index contributed by atoms with van der Waals surface area (Å²) in [5, 5.41) is 8.40. The van der Waals surface area contributed by atoms with E-state index in [1.54, 1.807) is 0 Å². The molecule has 0 aromatic carbocycles. The lowest BCUT2D eigenvalue weighted by atomic mass is 10.3. The maximum Gasteiger partial charge on any atom is 0.150 e. The Labute approximate surface area is 83.0 Å². The highest BCUT2D eigenvalue weighted by Gasteiger charge is 1.93. The van der Waals surface area contributed by atoms with Gasteiger partial charge in [-0.1, -0.05) is 36.7 Å². The van der Waals surface area contributed by atoms with Crippen LogP contribution in [0.25, 0.3) is 0 Å². The summed E-state index contributed by atoms with van der Waals surface area (Å²) in [4.78, 5) is 0. The van der Waals surface area contributed by atoms with Gasteiger partial charge >= 0.3 is 0 Å². The van der Waals surface area contributed by atoms with Crippen LogP contribution in [0.4, 0.5) is 0 Å². The highest BCUT2D eigenvalue weighted by Crippen LogP contribution is 2.14. The Balaban J connectivity index is 4.07. The van der Waals surface area contributed by atoms with Gasteiger partial charge in [-0.25, -0.2) is 0 Å². The van der Waals surface area contributed by atoms with Crippen molar-refractivity contribution in [3.05, 3.63) is 22.3 Å². The van der Waals surface area contributed by atoms with Gasteiger partial charge in [-0.2, -0.15) is 5.11 Å². The second-order valence-corrected chi connectivity index (χ2v) is 3.23. The van der Waals surface area contributed by atoms with Crippen molar-refractivity contribution in [3.8, 4) is 0 Å². The summed E-state index contributed by atoms with van der Waals surface area (Å²) < 4.78 is 0. The molecule has 0 aromatic heterocycles. The normalized spacial score (nSPS) is 13.3. The first-order chi connectivity index (χ1) is 5.57. The first-order valence-corrected chi connectivity index (χ1v) is 4.39. The van der Waals surface area contributed by atoms with E-state index in [0.717, 1.165) is 12.0 Å². The first-order valence-electron chi connectivity index (χ1n) is 3.64. The van der Waals surface area contributed by atoms with Gasteiger partial charge in [0.15, 0.2) is 0 Å². The second-order valence-electron chi connectivity index (χ2n) is 2.34. The van der Waals surface area contributed by atoms with Crippen LogP contribution in [-0.2, 0) is 0 Å². The molecule has 0 aliphatic carbocycles. The maximum atomic E-state index is 5.76. The fourth-order valence-corrected chi connectivity index (χ4v) is 0.646. The Hall–Kier alpha value is -0.340. The molecule has 0 heterocycles. The summed E-state index contributed by atoms with van der Waals surface area (Å²) in [6, 6.07) is 0. The van der Waals surface area contributed by atoms with E-state index in [1.807, 2.05) is 13.8 Å². The number of azo groups is 1. The molecule has 0 N–H and O–H groups in total. The molecule has 4 heteroatoms. The molecule has 12 heavy (non-hydrogen) atoms. The van der Waals surface area contributed by atoms with Crippen molar-refractivity contribution in [1.82, 2.24) is 0 Å². The van der Waals surface area contributed by atoms with E-state index in [9.17, 15) is 0 Å². The molecule has 0 fully saturated rings. The van der Waals surface area contributed by atoms with E-state index in [2.05, 4.69) is 16.8 Å². The zero-order chi connectivity index (χ0) is 9.56. The zero-order valence-corrected chi connectivity index (χ0v) is 8.78. The van der Waals surface area contributed by atoms with E-state index in [-0.39, 0.29) is 0 Å². The van der Waals surface area contributed by atoms with Crippen molar-refractivity contribution >= 4 is 23.2 Å². The predicted octanol–water partition coefficient (Wildman–Crippen LogP) is 4.07. The summed E-state index contributed by atoms with van der Waals surface area (Å²) in [5.41, 5.74) is 1.01. The maximum absolute atomic E-state index is 5.76. The van der Waals surface area contributed by atoms with Gasteiger partial charge in [0.25, 0.3) is 0 Å². The number of halogens is 2. The third-order valence-corrected chi connectivity index (χ3v) is 1.80. The van der Waals surface area contributed by atoms with Crippen molar-refractivity contribution in [2.45, 2.75) is 20.3 Å². The van der Waals surface area contributed by atoms with Gasteiger partial charge in [0, 0.05) is 5.03 Å². The van der Waals surface area contributed by atoms with Crippen LogP contribution in [0.3, 0.4) is 0 Å². The molecular weight excluding hydrogens is 195 g/mol. The number of allylic oxidation sites excluding steroid dienone is 1. The van der Waals surface area contributed by atoms with Crippen molar-refractivity contribution in [2.24, 2.45) is 10.2 Å². The number of nitrogens with zero attached hydrogens (tertiary/aromatic N) is 2. The number of hydrogen-bond acceptors (Lipinski definition) is 2. The Morgan fingerprint density at radius 1 is 1.42 bits per heavy atom. The molecule has 0 radical (unpaired) electrons. The minimum Gasteiger partial charge on any atom is -0.182 e. The van der Waals surface area contributed by atoms with Crippen molar-refractivity contribution in [1.29, 1.82) is 0 Å². The molecule has 0 bridgehead atoms. The highest BCUT2D eigenvalue weighted by atomic mass is 35.5. The van der Waals surface area contributed by atoms with Crippen molar-refractivity contribution in [2.75, 3.05) is 6.54 Å². The van der Waals surface area contributed by atoms with Crippen LogP contribution in [-0.4, -0.2) is 6.54 Å². The van der Waals surface area contributed by atoms with Crippen LogP contribution in [0.5, 0.6) is 0 Å². The third-order valence-electron chi connectivity index (χ3n) is 1.28. The monoisotopic (exact) mass is 206 g/mol. The molecule has 0 saturated carbocycles. The van der Waals surface area contributed by atoms with Gasteiger partial charge in [0.2, 0.25) is 0 Å². The largest absolute Gasteiger partial charge is 0.182 e. The number of rotatable bonds is 4. The van der Waals surface area contributed by atoms with Gasteiger partial charge in [-0.15, -0.1) is 5.11 Å². The van der Waals surface area contributed by atoms with Crippen LogP contribution >= 0.6 is 23.2 Å². The highest BCUT2D eigenvalue weighted by molar-refractivity contribution is 6.30. The van der Waals surface area contributed by atoms with Crippen LogP contribution < -0.4 is 0 Å². The lowest BCUT2D eigenvalue weighted by Gasteiger charge is -1.94. The van der Waals surface area contributed by atoms with E-state index in [0.29, 0.717) is 16.7 Å². The summed E-state index contributed by atoms with van der Waals surface area (Å²) in [6.45, 7) is 7.70. The molecule has 0 aliphatic heterocycles. The van der Waals surface area contributed by atoms with E-state index >= 15 is 0 Å². The summed E-state index contributed by atoms with van der Waals surface area (Å²) in [7, 11) is 0. The molecule has 0 amide bonds. The van der Waals surface area contributed by atoms with E-state index in [1.165, 1.54) is 0 Å². The Morgan fingerprint density at radius 3 is 2.42 bits per heavy atom. The van der Waals surface area contributed by atoms with Crippen LogP contribution in [0, 0.1) is 0 Å². The van der Waals surface area contributed by atoms with Gasteiger partial charge in [-0.3, -0.25) is 0 Å². The van der Waals surface area contributed by atoms with Crippen molar-refractivity contribution < 1.29 is 0 Å². The van der Waals surface area contributed by atoms with Gasteiger partial charge < -0.3 is 0 Å². The molecule has 0 saturated heterocycles. The topological polar surface area (TPSA) is 24.7 Å². The molecule has 2 nitrogen and oxygen atoms in total. The average molecular weight is 207 g/mol. The Morgan fingerprint density at radius 2 is 2.00 bits per heavy atom. The SMILES string of the molecule is C=C(Cl)C/N=N\C(Cl)=C(/C)CC. The molecule has 0 aromatic rings. The summed E-state index contributed by atoms with van der Waals surface area (Å²) in [5.74, 6) is 0. The Kier molecular flexibility index (Phi) is 6.03. The number of hydrogen-bond donors (Lipinski definition) is 0. The first kappa shape index (κ1) is 11.7. The fourth-order valence-electron chi connectivity index (χ4n) is 0.405. The van der Waals surface area contributed by atoms with Gasteiger partial charge in [-0.05, 0) is 18.9 Å². The predicted molar refractivity (Wildman–Crippen MR) is 53.6 cm³/mol. The lowest BCUT2D eigenvalue weighted by Crippen LogP contribution is -1.78. The van der Waals surface area contributed by atoms with Crippen LogP contribution in [0.1, 0.15) is 20.3 Å². The van der Waals surface area contributed by atoms with E-state index < -0.39 is 0 Å². The van der Waals surface area contributed by atoms with Crippen LogP contribution in [0.15, 0.2) is 32.6 Å². The minimum atomic E-state index is 0.314.